The van der Waals surface area contributed by atoms with Crippen LogP contribution in [-0.2, 0) is 4.79 Å². The van der Waals surface area contributed by atoms with Gasteiger partial charge in [-0.2, -0.15) is 0 Å². The molecule has 86 valence electrons. The molecule has 1 aliphatic heterocycles. The Labute approximate surface area is 91.4 Å². The topological polar surface area (TPSA) is 44.4 Å². The van der Waals surface area contributed by atoms with Crippen LogP contribution in [0.3, 0.4) is 0 Å². The van der Waals surface area contributed by atoms with Crippen molar-refractivity contribution in [3.63, 3.8) is 0 Å². The normalized spacial score (nSPS) is 26.9. The molecule has 0 bridgehead atoms. The zero-order chi connectivity index (χ0) is 10.7. The number of nitrogens with one attached hydrogen (secondary N) is 2. The monoisotopic (exact) mass is 211 g/mol. The summed E-state index contributed by atoms with van der Waals surface area (Å²) in [5.74, 6) is 0.113. The summed E-state index contributed by atoms with van der Waals surface area (Å²) in [6, 6.07) is 1.38. The first kappa shape index (κ1) is 10.9. The first-order chi connectivity index (χ1) is 7.29. The molecule has 4 heteroatoms. The SMILES string of the molecule is CCNC(=O)CNC1CCN(C2CC2)C1. The lowest BCUT2D eigenvalue weighted by atomic mass is 10.2. The maximum absolute atomic E-state index is 11.2. The largest absolute Gasteiger partial charge is 0.355 e. The molecule has 2 N–H and O–H groups in total. The molecule has 1 aliphatic carbocycles. The van der Waals surface area contributed by atoms with Crippen LogP contribution < -0.4 is 10.6 Å². The molecule has 1 unspecified atom stereocenters. The summed E-state index contributed by atoms with van der Waals surface area (Å²) < 4.78 is 0. The van der Waals surface area contributed by atoms with Crippen LogP contribution in [0.5, 0.6) is 0 Å². The van der Waals surface area contributed by atoms with Gasteiger partial charge in [0.2, 0.25) is 5.91 Å². The van der Waals surface area contributed by atoms with Gasteiger partial charge in [-0.05, 0) is 26.2 Å². The van der Waals surface area contributed by atoms with Gasteiger partial charge in [-0.1, -0.05) is 0 Å². The number of amides is 1. The molecule has 0 aromatic carbocycles. The minimum atomic E-state index is 0.113. The number of rotatable bonds is 5. The molecule has 1 saturated carbocycles. The van der Waals surface area contributed by atoms with Gasteiger partial charge in [0.05, 0.1) is 6.54 Å². The molecule has 1 saturated heterocycles. The molecule has 0 spiro atoms. The third-order valence-electron chi connectivity index (χ3n) is 3.21. The number of likely N-dealkylation sites (tertiary alicyclic amines) is 1. The number of likely N-dealkylation sites (N-methyl/N-ethyl adjacent to an activating group) is 1. The molecule has 2 fully saturated rings. The summed E-state index contributed by atoms with van der Waals surface area (Å²) in [6.07, 6.45) is 3.95. The van der Waals surface area contributed by atoms with Gasteiger partial charge in [0.25, 0.3) is 0 Å². The van der Waals surface area contributed by atoms with Crippen molar-refractivity contribution in [3.05, 3.63) is 0 Å². The second kappa shape index (κ2) is 4.94. The lowest BCUT2D eigenvalue weighted by Gasteiger charge is -2.15. The number of hydrogen-bond acceptors (Lipinski definition) is 3. The summed E-state index contributed by atoms with van der Waals surface area (Å²) in [5.41, 5.74) is 0. The first-order valence-corrected chi connectivity index (χ1v) is 6.03. The van der Waals surface area contributed by atoms with Crippen molar-refractivity contribution in [1.29, 1.82) is 0 Å². The Hall–Kier alpha value is -0.610. The van der Waals surface area contributed by atoms with Gasteiger partial charge in [-0.15, -0.1) is 0 Å². The van der Waals surface area contributed by atoms with E-state index in [2.05, 4.69) is 15.5 Å². The fraction of sp³-hybridized carbons (Fsp3) is 0.909. The molecule has 2 rings (SSSR count). The molecule has 4 nitrogen and oxygen atoms in total. The van der Waals surface area contributed by atoms with Gasteiger partial charge in [0.1, 0.15) is 0 Å². The Morgan fingerprint density at radius 1 is 1.40 bits per heavy atom. The average molecular weight is 211 g/mol. The third-order valence-corrected chi connectivity index (χ3v) is 3.21. The predicted molar refractivity (Wildman–Crippen MR) is 59.7 cm³/mol. The summed E-state index contributed by atoms with van der Waals surface area (Å²) in [6.45, 7) is 5.47. The van der Waals surface area contributed by atoms with E-state index in [0.29, 0.717) is 12.6 Å². The molecular weight excluding hydrogens is 190 g/mol. The lowest BCUT2D eigenvalue weighted by Crippen LogP contribution is -2.40. The molecular formula is C11H21N3O. The van der Waals surface area contributed by atoms with Gasteiger partial charge >= 0.3 is 0 Å². The van der Waals surface area contributed by atoms with Crippen LogP contribution in [0, 0.1) is 0 Å². The third kappa shape index (κ3) is 3.18. The van der Waals surface area contributed by atoms with Crippen molar-refractivity contribution in [3.8, 4) is 0 Å². The van der Waals surface area contributed by atoms with E-state index in [-0.39, 0.29) is 5.91 Å². The van der Waals surface area contributed by atoms with Crippen LogP contribution in [0.2, 0.25) is 0 Å². The Morgan fingerprint density at radius 3 is 2.87 bits per heavy atom. The van der Waals surface area contributed by atoms with Gasteiger partial charge in [0, 0.05) is 31.7 Å². The van der Waals surface area contributed by atoms with Crippen LogP contribution in [-0.4, -0.2) is 49.1 Å². The maximum atomic E-state index is 11.2. The van der Waals surface area contributed by atoms with Gasteiger partial charge in [-0.25, -0.2) is 0 Å². The standard InChI is InChI=1S/C11H21N3O/c1-2-12-11(15)7-13-9-5-6-14(8-9)10-3-4-10/h9-10,13H,2-8H2,1H3,(H,12,15). The van der Waals surface area contributed by atoms with Crippen LogP contribution in [0.25, 0.3) is 0 Å². The van der Waals surface area contributed by atoms with Crippen molar-refractivity contribution < 1.29 is 4.79 Å². The number of carbonyl (C=O) groups excluding carboxylic acids is 1. The maximum Gasteiger partial charge on any atom is 0.233 e. The minimum Gasteiger partial charge on any atom is -0.355 e. The summed E-state index contributed by atoms with van der Waals surface area (Å²) in [5, 5.41) is 6.13. The highest BCUT2D eigenvalue weighted by Gasteiger charge is 2.34. The predicted octanol–water partition coefficient (Wildman–Crippen LogP) is -0.0512. The number of nitrogens with zero attached hydrogens (tertiary/aromatic N) is 1. The highest BCUT2D eigenvalue weighted by molar-refractivity contribution is 5.77. The van der Waals surface area contributed by atoms with Gasteiger partial charge < -0.3 is 10.6 Å². The average Bonchev–Trinajstić information content (AvgIpc) is 2.96. The summed E-state index contributed by atoms with van der Waals surface area (Å²) >= 11 is 0. The molecule has 1 heterocycles. The summed E-state index contributed by atoms with van der Waals surface area (Å²) in [7, 11) is 0. The van der Waals surface area contributed by atoms with E-state index in [4.69, 9.17) is 0 Å². The van der Waals surface area contributed by atoms with E-state index in [0.717, 1.165) is 19.1 Å². The molecule has 2 aliphatic rings. The number of hydrogen-bond donors (Lipinski definition) is 2. The highest BCUT2D eigenvalue weighted by atomic mass is 16.1. The molecule has 15 heavy (non-hydrogen) atoms. The fourth-order valence-corrected chi connectivity index (χ4v) is 2.22. The first-order valence-electron chi connectivity index (χ1n) is 6.03. The van der Waals surface area contributed by atoms with Gasteiger partial charge in [0.15, 0.2) is 0 Å². The van der Waals surface area contributed by atoms with Crippen molar-refractivity contribution >= 4 is 5.91 Å². The van der Waals surface area contributed by atoms with Crippen LogP contribution in [0.4, 0.5) is 0 Å². The molecule has 0 radical (unpaired) electrons. The van der Waals surface area contributed by atoms with Crippen LogP contribution >= 0.6 is 0 Å². The number of carbonyl (C=O) groups is 1. The Kier molecular flexibility index (Phi) is 3.59. The van der Waals surface area contributed by atoms with E-state index in [9.17, 15) is 4.79 Å². The second-order valence-electron chi connectivity index (χ2n) is 4.55. The van der Waals surface area contributed by atoms with E-state index >= 15 is 0 Å². The minimum absolute atomic E-state index is 0.113. The van der Waals surface area contributed by atoms with E-state index in [1.807, 2.05) is 6.92 Å². The van der Waals surface area contributed by atoms with E-state index < -0.39 is 0 Å². The molecule has 0 aromatic heterocycles. The lowest BCUT2D eigenvalue weighted by molar-refractivity contribution is -0.120. The van der Waals surface area contributed by atoms with Gasteiger partial charge in [-0.3, -0.25) is 9.69 Å². The van der Waals surface area contributed by atoms with Crippen molar-refractivity contribution in [2.24, 2.45) is 0 Å². The Morgan fingerprint density at radius 2 is 2.20 bits per heavy atom. The molecule has 1 amide bonds. The van der Waals surface area contributed by atoms with Crippen molar-refractivity contribution in [2.75, 3.05) is 26.2 Å². The van der Waals surface area contributed by atoms with Crippen molar-refractivity contribution in [1.82, 2.24) is 15.5 Å². The zero-order valence-electron chi connectivity index (χ0n) is 9.46. The highest BCUT2D eigenvalue weighted by Crippen LogP contribution is 2.29. The Balaban J connectivity index is 1.61. The molecule has 1 atom stereocenters. The second-order valence-corrected chi connectivity index (χ2v) is 4.55. The van der Waals surface area contributed by atoms with Crippen LogP contribution in [0.1, 0.15) is 26.2 Å². The zero-order valence-corrected chi connectivity index (χ0v) is 9.46. The van der Waals surface area contributed by atoms with Crippen molar-refractivity contribution in [2.45, 2.75) is 38.3 Å². The quantitative estimate of drug-likeness (QED) is 0.670. The van der Waals surface area contributed by atoms with E-state index in [1.165, 1.54) is 25.8 Å². The van der Waals surface area contributed by atoms with E-state index in [1.54, 1.807) is 0 Å². The molecule has 0 aromatic rings. The fourth-order valence-electron chi connectivity index (χ4n) is 2.22. The Bertz CT molecular complexity index is 228. The summed E-state index contributed by atoms with van der Waals surface area (Å²) in [4.78, 5) is 13.8. The smallest absolute Gasteiger partial charge is 0.233 e. The van der Waals surface area contributed by atoms with Crippen LogP contribution in [0.15, 0.2) is 0 Å².